The summed E-state index contributed by atoms with van der Waals surface area (Å²) >= 11 is 1.13. The van der Waals surface area contributed by atoms with E-state index < -0.39 is 15.6 Å². The number of aromatic nitrogens is 4. The summed E-state index contributed by atoms with van der Waals surface area (Å²) in [6, 6.07) is 3.43. The van der Waals surface area contributed by atoms with Crippen LogP contribution in [-0.2, 0) is 10.0 Å². The zero-order valence-electron chi connectivity index (χ0n) is 16.6. The lowest BCUT2D eigenvalue weighted by Gasteiger charge is -2.39. The van der Waals surface area contributed by atoms with Gasteiger partial charge in [-0.25, -0.2) is 13.6 Å². The molecule has 1 atom stereocenters. The van der Waals surface area contributed by atoms with Gasteiger partial charge in [0, 0.05) is 42.8 Å². The second kappa shape index (κ2) is 9.13. The molecule has 0 saturated carbocycles. The number of hydrogen-bond donors (Lipinski definition) is 6. The van der Waals surface area contributed by atoms with Crippen LogP contribution in [0.25, 0.3) is 11.4 Å². The van der Waals surface area contributed by atoms with E-state index in [1.54, 1.807) is 12.1 Å². The Hall–Kier alpha value is -1.81. The Morgan fingerprint density at radius 3 is 2.60 bits per heavy atom. The number of nitrogens with two attached hydrogens (primary N) is 3. The molecule has 1 aromatic heterocycles. The first-order valence-corrected chi connectivity index (χ1v) is 11.8. The Kier molecular flexibility index (Phi) is 6.96. The molecule has 1 saturated heterocycles. The van der Waals surface area contributed by atoms with Gasteiger partial charge in [0.05, 0.1) is 11.2 Å². The monoisotopic (exact) mass is 457 g/mol. The first-order chi connectivity index (χ1) is 14.2. The number of tetrazole rings is 1. The fourth-order valence-electron chi connectivity index (χ4n) is 3.24. The molecule has 1 aliphatic rings. The van der Waals surface area contributed by atoms with Crippen LogP contribution in [0.15, 0.2) is 21.9 Å². The van der Waals surface area contributed by atoms with Gasteiger partial charge >= 0.3 is 0 Å². The van der Waals surface area contributed by atoms with Crippen LogP contribution >= 0.6 is 11.9 Å². The number of rotatable bonds is 8. The summed E-state index contributed by atoms with van der Waals surface area (Å²) in [5, 5.41) is 30.0. The molecule has 2 heterocycles. The molecule has 12 nitrogen and oxygen atoms in total. The number of aliphatic hydroxyl groups is 1. The summed E-state index contributed by atoms with van der Waals surface area (Å²) in [6.45, 7) is 3.40. The number of H-pyrrole nitrogens is 1. The normalized spacial score (nSPS) is 17.8. The zero-order chi connectivity index (χ0) is 21.9. The fraction of sp³-hybridized carbons (Fsp3) is 0.562. The Balaban J connectivity index is 2.10. The molecular weight excluding hydrogens is 430 g/mol. The number of nitrogens with one attached hydrogen (secondary N) is 2. The molecule has 3 rings (SSSR count). The molecule has 1 aromatic carbocycles. The van der Waals surface area contributed by atoms with Crippen molar-refractivity contribution < 1.29 is 13.5 Å². The fourth-order valence-corrected chi connectivity index (χ4v) is 5.30. The van der Waals surface area contributed by atoms with Crippen molar-refractivity contribution in [2.45, 2.75) is 41.2 Å². The van der Waals surface area contributed by atoms with Crippen LogP contribution in [0.3, 0.4) is 0 Å². The van der Waals surface area contributed by atoms with E-state index in [1.807, 2.05) is 11.8 Å². The predicted octanol–water partition coefficient (Wildman–Crippen LogP) is -1.25. The van der Waals surface area contributed by atoms with E-state index in [0.717, 1.165) is 11.9 Å². The van der Waals surface area contributed by atoms with E-state index in [2.05, 4.69) is 25.3 Å². The summed E-state index contributed by atoms with van der Waals surface area (Å²) < 4.78 is 28.3. The molecule has 30 heavy (non-hydrogen) atoms. The maximum Gasteiger partial charge on any atom is 0.240 e. The summed E-state index contributed by atoms with van der Waals surface area (Å²) in [7, 11) is -4.14. The number of primary sulfonamides is 1. The van der Waals surface area contributed by atoms with Crippen molar-refractivity contribution in [1.82, 2.24) is 25.3 Å². The minimum absolute atomic E-state index is 0.0485. The van der Waals surface area contributed by atoms with Gasteiger partial charge in [-0.3, -0.25) is 4.72 Å². The van der Waals surface area contributed by atoms with Crippen molar-refractivity contribution >= 4 is 27.7 Å². The third kappa shape index (κ3) is 4.91. The van der Waals surface area contributed by atoms with Crippen LogP contribution in [0.1, 0.15) is 19.8 Å². The summed E-state index contributed by atoms with van der Waals surface area (Å²) in [5.74, 6) is 0.114. The van der Waals surface area contributed by atoms with Gasteiger partial charge < -0.3 is 21.5 Å². The lowest BCUT2D eigenvalue weighted by Crippen LogP contribution is -2.48. The van der Waals surface area contributed by atoms with E-state index in [-0.39, 0.29) is 28.9 Å². The maximum atomic E-state index is 12.6. The number of benzene rings is 1. The van der Waals surface area contributed by atoms with Crippen molar-refractivity contribution in [1.29, 1.82) is 0 Å². The number of anilines is 1. The Morgan fingerprint density at radius 2 is 2.07 bits per heavy atom. The smallest absolute Gasteiger partial charge is 0.240 e. The molecule has 0 amide bonds. The van der Waals surface area contributed by atoms with Gasteiger partial charge in [0.1, 0.15) is 4.90 Å². The average molecular weight is 458 g/mol. The first-order valence-electron chi connectivity index (χ1n) is 9.42. The lowest BCUT2D eigenvalue weighted by atomic mass is 9.91. The maximum absolute atomic E-state index is 12.6. The third-order valence-corrected chi connectivity index (χ3v) is 7.29. The molecule has 9 N–H and O–H groups in total. The van der Waals surface area contributed by atoms with Crippen molar-refractivity contribution in [3.05, 3.63) is 12.1 Å². The highest BCUT2D eigenvalue weighted by molar-refractivity contribution is 7.98. The molecule has 1 fully saturated rings. The number of piperidine rings is 1. The van der Waals surface area contributed by atoms with Gasteiger partial charge in [-0.05, 0) is 49.1 Å². The van der Waals surface area contributed by atoms with Gasteiger partial charge in [-0.1, -0.05) is 0 Å². The summed E-state index contributed by atoms with van der Waals surface area (Å²) in [5.41, 5.74) is 11.2. The Morgan fingerprint density at radius 1 is 1.37 bits per heavy atom. The first kappa shape index (κ1) is 22.9. The molecule has 166 valence electrons. The van der Waals surface area contributed by atoms with E-state index in [0.29, 0.717) is 43.1 Å². The van der Waals surface area contributed by atoms with Crippen molar-refractivity contribution in [3.8, 4) is 11.4 Å². The summed E-state index contributed by atoms with van der Waals surface area (Å²) in [6.07, 6.45) is 0.901. The third-order valence-electron chi connectivity index (χ3n) is 5.09. The topological polar surface area (TPSA) is 202 Å². The second-order valence-electron chi connectivity index (χ2n) is 7.34. The highest BCUT2D eigenvalue weighted by Gasteiger charge is 2.34. The molecule has 0 aliphatic carbocycles. The zero-order valence-corrected chi connectivity index (χ0v) is 18.2. The molecule has 0 spiro atoms. The minimum atomic E-state index is -4.14. The van der Waals surface area contributed by atoms with Gasteiger partial charge in [0.25, 0.3) is 0 Å². The standard InChI is InChI=1S/C16H27N9O3S2/c1-10(8-17)22-29-12-3-2-11(25-6-4-16(26,9-18)5-7-25)13(14(12)30(19,27)28)15-20-23-24-21-15/h2-3,10,22,26H,4-9,17-18H2,1H3,(H2,19,27,28)(H,20,21,23,24)/t10-/m0/s1. The van der Waals surface area contributed by atoms with Crippen LogP contribution in [0, 0.1) is 0 Å². The number of hydrogen-bond acceptors (Lipinski definition) is 11. The van der Waals surface area contributed by atoms with Crippen LogP contribution in [-0.4, -0.2) is 72.0 Å². The van der Waals surface area contributed by atoms with Crippen molar-refractivity contribution in [3.63, 3.8) is 0 Å². The highest BCUT2D eigenvalue weighted by Crippen LogP contribution is 2.41. The van der Waals surface area contributed by atoms with E-state index in [1.165, 1.54) is 0 Å². The molecule has 0 unspecified atom stereocenters. The molecule has 1 aliphatic heterocycles. The number of aromatic amines is 1. The predicted molar refractivity (Wildman–Crippen MR) is 114 cm³/mol. The summed E-state index contributed by atoms with van der Waals surface area (Å²) in [4.78, 5) is 2.27. The van der Waals surface area contributed by atoms with Crippen LogP contribution in [0.5, 0.6) is 0 Å². The number of sulfonamides is 1. The van der Waals surface area contributed by atoms with Gasteiger partial charge in [0.2, 0.25) is 15.8 Å². The Bertz CT molecular complexity index is 961. The quantitative estimate of drug-likeness (QED) is 0.258. The number of nitrogens with zero attached hydrogens (tertiary/aromatic N) is 4. The van der Waals surface area contributed by atoms with E-state index >= 15 is 0 Å². The van der Waals surface area contributed by atoms with E-state index in [9.17, 15) is 13.5 Å². The molecule has 2 aromatic rings. The minimum Gasteiger partial charge on any atom is -0.388 e. The average Bonchev–Trinajstić information content (AvgIpc) is 3.26. The second-order valence-corrected chi connectivity index (χ2v) is 9.72. The van der Waals surface area contributed by atoms with Crippen LogP contribution < -0.4 is 26.2 Å². The molecule has 0 radical (unpaired) electrons. The molecule has 14 heteroatoms. The van der Waals surface area contributed by atoms with Crippen molar-refractivity contribution in [2.24, 2.45) is 16.6 Å². The van der Waals surface area contributed by atoms with Gasteiger partial charge in [-0.15, -0.1) is 10.2 Å². The highest BCUT2D eigenvalue weighted by atomic mass is 32.2. The van der Waals surface area contributed by atoms with Crippen molar-refractivity contribution in [2.75, 3.05) is 31.1 Å². The van der Waals surface area contributed by atoms with Gasteiger partial charge in [-0.2, -0.15) is 5.21 Å². The van der Waals surface area contributed by atoms with E-state index in [4.69, 9.17) is 16.6 Å². The van der Waals surface area contributed by atoms with Crippen LogP contribution in [0.4, 0.5) is 5.69 Å². The molecular formula is C16H27N9O3S2. The SMILES string of the molecule is C[C@@H](CN)NSc1ccc(N2CCC(O)(CN)CC2)c(-c2nn[nH]n2)c1S(N)(=O)=O. The largest absolute Gasteiger partial charge is 0.388 e. The molecule has 0 bridgehead atoms. The Labute approximate surface area is 179 Å². The van der Waals surface area contributed by atoms with Crippen LogP contribution in [0.2, 0.25) is 0 Å². The van der Waals surface area contributed by atoms with Gasteiger partial charge in [0.15, 0.2) is 0 Å². The lowest BCUT2D eigenvalue weighted by molar-refractivity contribution is 0.0250.